The second kappa shape index (κ2) is 8.55. The van der Waals surface area contributed by atoms with Crippen molar-refractivity contribution in [1.29, 1.82) is 0 Å². The molecule has 0 aliphatic carbocycles. The Labute approximate surface area is 156 Å². The van der Waals surface area contributed by atoms with E-state index in [1.165, 1.54) is 14.2 Å². The van der Waals surface area contributed by atoms with Crippen LogP contribution in [0.15, 0.2) is 36.4 Å². The molecule has 2 aromatic carbocycles. The Kier molecular flexibility index (Phi) is 6.44. The number of rotatable bonds is 4. The first-order chi connectivity index (χ1) is 11.9. The van der Waals surface area contributed by atoms with Gasteiger partial charge in [-0.05, 0) is 55.0 Å². The monoisotopic (exact) mass is 379 g/mol. The van der Waals surface area contributed by atoms with Crippen LogP contribution in [0.1, 0.15) is 15.9 Å². The van der Waals surface area contributed by atoms with Gasteiger partial charge in [-0.2, -0.15) is 0 Å². The van der Waals surface area contributed by atoms with Crippen LogP contribution in [0.4, 0.5) is 5.69 Å². The van der Waals surface area contributed by atoms with Gasteiger partial charge in [0.1, 0.15) is 11.5 Å². The molecule has 0 heterocycles. The lowest BCUT2D eigenvalue weighted by molar-refractivity contribution is 0.0943. The summed E-state index contributed by atoms with van der Waals surface area (Å²) in [5.41, 5.74) is 7.27. The number of hydrogen-bond acceptors (Lipinski definition) is 4. The third-order valence-corrected chi connectivity index (χ3v) is 3.78. The van der Waals surface area contributed by atoms with Crippen molar-refractivity contribution < 1.29 is 14.3 Å². The Morgan fingerprint density at radius 2 is 1.68 bits per heavy atom. The number of carbonyl (C=O) groups excluding carboxylic acids is 1. The number of aryl methyl sites for hydroxylation is 1. The average Bonchev–Trinajstić information content (AvgIpc) is 2.61. The van der Waals surface area contributed by atoms with Crippen molar-refractivity contribution in [2.45, 2.75) is 6.92 Å². The topological polar surface area (TPSA) is 71.6 Å². The minimum Gasteiger partial charge on any atom is -0.497 e. The third kappa shape index (κ3) is 5.23. The van der Waals surface area contributed by atoms with E-state index in [9.17, 15) is 4.79 Å². The zero-order valence-electron chi connectivity index (χ0n) is 14.0. The molecule has 132 valence electrons. The number of nitrogens with one attached hydrogen (secondary N) is 3. The highest BCUT2D eigenvalue weighted by atomic mass is 35.5. The zero-order valence-corrected chi connectivity index (χ0v) is 15.5. The number of benzene rings is 2. The maximum absolute atomic E-state index is 12.3. The molecule has 1 amide bonds. The largest absolute Gasteiger partial charge is 0.497 e. The fourth-order valence-corrected chi connectivity index (χ4v) is 2.43. The number of methoxy groups -OCH3 is 2. The average molecular weight is 380 g/mol. The SMILES string of the molecule is COc1cc(OC)cc(C(=O)NNC(=S)Nc2ccc(Cl)cc2C)c1. The molecule has 2 rings (SSSR count). The summed E-state index contributed by atoms with van der Waals surface area (Å²) in [6, 6.07) is 10.2. The molecule has 2 aromatic rings. The van der Waals surface area contributed by atoms with Gasteiger partial charge >= 0.3 is 0 Å². The van der Waals surface area contributed by atoms with Crippen LogP contribution in [-0.2, 0) is 0 Å². The predicted octanol–water partition coefficient (Wildman–Crippen LogP) is 3.30. The molecule has 0 aromatic heterocycles. The van der Waals surface area contributed by atoms with Crippen LogP contribution in [-0.4, -0.2) is 25.2 Å². The molecule has 0 radical (unpaired) electrons. The summed E-state index contributed by atoms with van der Waals surface area (Å²) in [6.07, 6.45) is 0. The van der Waals surface area contributed by atoms with Crippen molar-refractivity contribution in [3.8, 4) is 11.5 Å². The van der Waals surface area contributed by atoms with E-state index in [2.05, 4.69) is 16.2 Å². The quantitative estimate of drug-likeness (QED) is 0.559. The van der Waals surface area contributed by atoms with Crippen molar-refractivity contribution in [2.24, 2.45) is 0 Å². The van der Waals surface area contributed by atoms with Gasteiger partial charge in [0.15, 0.2) is 5.11 Å². The molecule has 0 aliphatic heterocycles. The van der Waals surface area contributed by atoms with Gasteiger partial charge in [-0.25, -0.2) is 0 Å². The summed E-state index contributed by atoms with van der Waals surface area (Å²) in [7, 11) is 3.03. The van der Waals surface area contributed by atoms with Crippen LogP contribution in [0.5, 0.6) is 11.5 Å². The van der Waals surface area contributed by atoms with Crippen LogP contribution in [0, 0.1) is 6.92 Å². The van der Waals surface area contributed by atoms with Crippen molar-refractivity contribution in [1.82, 2.24) is 10.9 Å². The van der Waals surface area contributed by atoms with E-state index in [0.29, 0.717) is 22.1 Å². The maximum Gasteiger partial charge on any atom is 0.269 e. The van der Waals surface area contributed by atoms with Crippen LogP contribution < -0.4 is 25.6 Å². The summed E-state index contributed by atoms with van der Waals surface area (Å²) >= 11 is 11.1. The van der Waals surface area contributed by atoms with Gasteiger partial charge < -0.3 is 14.8 Å². The highest BCUT2D eigenvalue weighted by Crippen LogP contribution is 2.22. The number of carbonyl (C=O) groups is 1. The second-order valence-electron chi connectivity index (χ2n) is 5.09. The third-order valence-electron chi connectivity index (χ3n) is 3.34. The zero-order chi connectivity index (χ0) is 18.4. The van der Waals surface area contributed by atoms with Gasteiger partial charge in [-0.1, -0.05) is 11.6 Å². The lowest BCUT2D eigenvalue weighted by atomic mass is 10.2. The molecule has 3 N–H and O–H groups in total. The van der Waals surface area contributed by atoms with E-state index in [4.69, 9.17) is 33.3 Å². The Hall–Kier alpha value is -2.51. The Morgan fingerprint density at radius 1 is 1.04 bits per heavy atom. The molecule has 8 heteroatoms. The number of ether oxygens (including phenoxy) is 2. The minimum atomic E-state index is -0.380. The molecule has 0 fully saturated rings. The van der Waals surface area contributed by atoms with E-state index in [-0.39, 0.29) is 11.0 Å². The predicted molar refractivity (Wildman–Crippen MR) is 103 cm³/mol. The van der Waals surface area contributed by atoms with Crippen molar-refractivity contribution in [2.75, 3.05) is 19.5 Å². The van der Waals surface area contributed by atoms with Gasteiger partial charge in [0, 0.05) is 22.3 Å². The van der Waals surface area contributed by atoms with Crippen LogP contribution in [0.2, 0.25) is 5.02 Å². The van der Waals surface area contributed by atoms with Crippen LogP contribution in [0.25, 0.3) is 0 Å². The molecule has 0 saturated carbocycles. The Bertz CT molecular complexity index is 776. The van der Waals surface area contributed by atoms with E-state index < -0.39 is 0 Å². The van der Waals surface area contributed by atoms with Crippen molar-refractivity contribution in [3.05, 3.63) is 52.5 Å². The van der Waals surface area contributed by atoms with Gasteiger partial charge in [-0.15, -0.1) is 0 Å². The van der Waals surface area contributed by atoms with E-state index >= 15 is 0 Å². The Balaban J connectivity index is 1.98. The molecular weight excluding hydrogens is 362 g/mol. The van der Waals surface area contributed by atoms with Crippen LogP contribution >= 0.6 is 23.8 Å². The normalized spacial score (nSPS) is 9.92. The summed E-state index contributed by atoms with van der Waals surface area (Å²) < 4.78 is 10.3. The highest BCUT2D eigenvalue weighted by Gasteiger charge is 2.10. The minimum absolute atomic E-state index is 0.244. The van der Waals surface area contributed by atoms with E-state index in [0.717, 1.165) is 11.3 Å². The molecule has 0 aliphatic rings. The first-order valence-electron chi connectivity index (χ1n) is 7.29. The second-order valence-corrected chi connectivity index (χ2v) is 5.94. The van der Waals surface area contributed by atoms with E-state index in [1.54, 1.807) is 30.3 Å². The van der Waals surface area contributed by atoms with E-state index in [1.807, 2.05) is 13.0 Å². The first kappa shape index (κ1) is 18.8. The molecule has 0 unspecified atom stereocenters. The van der Waals surface area contributed by atoms with Gasteiger partial charge in [0.2, 0.25) is 0 Å². The summed E-state index contributed by atoms with van der Waals surface area (Å²) in [4.78, 5) is 12.3. The number of thiocarbonyl (C=S) groups is 1. The summed E-state index contributed by atoms with van der Waals surface area (Å²) in [5, 5.41) is 3.87. The molecule has 6 nitrogen and oxygen atoms in total. The number of hydrogen-bond donors (Lipinski definition) is 3. The van der Waals surface area contributed by atoms with Crippen molar-refractivity contribution in [3.63, 3.8) is 0 Å². The van der Waals surface area contributed by atoms with Crippen LogP contribution in [0.3, 0.4) is 0 Å². The van der Waals surface area contributed by atoms with Gasteiger partial charge in [0.25, 0.3) is 5.91 Å². The van der Waals surface area contributed by atoms with Gasteiger partial charge in [0.05, 0.1) is 14.2 Å². The lowest BCUT2D eigenvalue weighted by Gasteiger charge is -2.14. The van der Waals surface area contributed by atoms with Gasteiger partial charge in [-0.3, -0.25) is 15.6 Å². The van der Waals surface area contributed by atoms with Crippen molar-refractivity contribution >= 4 is 40.5 Å². The fourth-order valence-electron chi connectivity index (χ4n) is 2.05. The number of amides is 1. The molecule has 0 atom stereocenters. The molecular formula is C17H18ClN3O3S. The fraction of sp³-hybridized carbons (Fsp3) is 0.176. The molecule has 0 spiro atoms. The number of hydrazine groups is 1. The highest BCUT2D eigenvalue weighted by molar-refractivity contribution is 7.80. The first-order valence-corrected chi connectivity index (χ1v) is 8.08. The summed E-state index contributed by atoms with van der Waals surface area (Å²) in [5.74, 6) is 0.651. The standard InChI is InChI=1S/C17H18ClN3O3S/c1-10-6-12(18)4-5-15(10)19-17(25)21-20-16(22)11-7-13(23-2)9-14(8-11)24-3/h4-9H,1-3H3,(H,20,22)(H2,19,21,25). The smallest absolute Gasteiger partial charge is 0.269 e. The molecule has 25 heavy (non-hydrogen) atoms. The Morgan fingerprint density at radius 3 is 2.24 bits per heavy atom. The summed E-state index contributed by atoms with van der Waals surface area (Å²) in [6.45, 7) is 1.90. The maximum atomic E-state index is 12.3. The lowest BCUT2D eigenvalue weighted by Crippen LogP contribution is -2.43. The number of halogens is 1. The molecule has 0 bridgehead atoms. The molecule has 0 saturated heterocycles. The number of anilines is 1.